The number of hydrogen-bond donors (Lipinski definition) is 0. The smallest absolute Gasteiger partial charge is 0.195 e. The molecule has 27 heavy (non-hydrogen) atoms. The Labute approximate surface area is 172 Å². The maximum absolute atomic E-state index is 12.2. The van der Waals surface area contributed by atoms with Crippen LogP contribution in [0.4, 0.5) is 0 Å². The van der Waals surface area contributed by atoms with Crippen LogP contribution >= 0.6 is 34.5 Å². The fourth-order valence-electron chi connectivity index (χ4n) is 2.41. The highest BCUT2D eigenvalue weighted by molar-refractivity contribution is 7.14. The molecule has 0 saturated carbocycles. The van der Waals surface area contributed by atoms with Gasteiger partial charge in [0.15, 0.2) is 5.78 Å². The molecular weight excluding hydrogens is 403 g/mol. The van der Waals surface area contributed by atoms with E-state index in [0.717, 1.165) is 17.7 Å². The van der Waals surface area contributed by atoms with Crippen LogP contribution in [0.5, 0.6) is 5.75 Å². The predicted molar refractivity (Wildman–Crippen MR) is 111 cm³/mol. The van der Waals surface area contributed by atoms with E-state index in [1.165, 1.54) is 11.0 Å². The van der Waals surface area contributed by atoms with E-state index in [1.807, 2.05) is 18.2 Å². The quantitative estimate of drug-likeness (QED) is 0.288. The third-order valence-electron chi connectivity index (χ3n) is 3.75. The van der Waals surface area contributed by atoms with Crippen molar-refractivity contribution in [3.05, 3.63) is 79.9 Å². The van der Waals surface area contributed by atoms with Gasteiger partial charge in [0.25, 0.3) is 0 Å². The van der Waals surface area contributed by atoms with Gasteiger partial charge >= 0.3 is 0 Å². The maximum Gasteiger partial charge on any atom is 0.195 e. The minimum absolute atomic E-state index is 0.0210. The monoisotopic (exact) mass is 420 g/mol. The molecule has 0 saturated heterocycles. The number of aryl methyl sites for hydroxylation is 1. The lowest BCUT2D eigenvalue weighted by Gasteiger charge is -2.05. The van der Waals surface area contributed by atoms with Crippen LogP contribution in [-0.2, 0) is 13.0 Å². The number of halogens is 2. The third kappa shape index (κ3) is 5.48. The van der Waals surface area contributed by atoms with Gasteiger partial charge in [-0.3, -0.25) is 4.79 Å². The summed E-state index contributed by atoms with van der Waals surface area (Å²) in [6.45, 7) is 2.38. The van der Waals surface area contributed by atoms with Gasteiger partial charge in [-0.15, -0.1) is 11.3 Å². The van der Waals surface area contributed by atoms with Gasteiger partial charge in [0.05, 0.1) is 14.9 Å². The summed E-state index contributed by atoms with van der Waals surface area (Å²) in [5.74, 6) is 1.83. The van der Waals surface area contributed by atoms with Crippen molar-refractivity contribution in [3.8, 4) is 5.75 Å². The molecule has 140 valence electrons. The number of rotatable bonds is 8. The molecule has 2 aromatic heterocycles. The van der Waals surface area contributed by atoms with E-state index < -0.39 is 0 Å². The zero-order valence-corrected chi connectivity index (χ0v) is 17.0. The highest BCUT2D eigenvalue weighted by Gasteiger charge is 2.07. The number of benzene rings is 1. The zero-order chi connectivity index (χ0) is 19.2. The Morgan fingerprint density at radius 2 is 2.00 bits per heavy atom. The first-order valence-corrected chi connectivity index (χ1v) is 10.1. The first-order chi connectivity index (χ1) is 13.0. The molecular formula is C21H18Cl2O3S. The number of ketones is 1. The van der Waals surface area contributed by atoms with E-state index >= 15 is 0 Å². The van der Waals surface area contributed by atoms with Crippen molar-refractivity contribution < 1.29 is 13.9 Å². The summed E-state index contributed by atoms with van der Waals surface area (Å²) in [4.78, 5) is 14.2. The average molecular weight is 421 g/mol. The Morgan fingerprint density at radius 3 is 2.78 bits per heavy atom. The summed E-state index contributed by atoms with van der Waals surface area (Å²) in [6, 6.07) is 12.6. The summed E-state index contributed by atoms with van der Waals surface area (Å²) in [5, 5.41) is 0.915. The van der Waals surface area contributed by atoms with Crippen molar-refractivity contribution in [3.63, 3.8) is 0 Å². The van der Waals surface area contributed by atoms with Crippen LogP contribution < -0.4 is 4.74 Å². The lowest BCUT2D eigenvalue weighted by molar-refractivity contribution is 0.105. The van der Waals surface area contributed by atoms with Crippen LogP contribution in [-0.4, -0.2) is 5.78 Å². The predicted octanol–water partition coefficient (Wildman–Crippen LogP) is 7.08. The first-order valence-electron chi connectivity index (χ1n) is 8.53. The van der Waals surface area contributed by atoms with Crippen LogP contribution in [0.25, 0.3) is 6.08 Å². The van der Waals surface area contributed by atoms with E-state index in [4.69, 9.17) is 32.4 Å². The third-order valence-corrected chi connectivity index (χ3v) is 5.65. The van der Waals surface area contributed by atoms with Crippen molar-refractivity contribution in [2.45, 2.75) is 26.4 Å². The molecule has 0 radical (unpaired) electrons. The molecule has 0 N–H and O–H groups in total. The molecule has 3 nitrogen and oxygen atoms in total. The second-order valence-corrected chi connectivity index (χ2v) is 7.86. The molecule has 6 heteroatoms. The first kappa shape index (κ1) is 19.7. The van der Waals surface area contributed by atoms with Gasteiger partial charge in [-0.2, -0.15) is 0 Å². The molecule has 0 unspecified atom stereocenters. The van der Waals surface area contributed by atoms with Crippen LogP contribution in [0.3, 0.4) is 0 Å². The minimum Gasteiger partial charge on any atom is -0.486 e. The van der Waals surface area contributed by atoms with E-state index in [0.29, 0.717) is 27.3 Å². The largest absolute Gasteiger partial charge is 0.486 e. The van der Waals surface area contributed by atoms with Gasteiger partial charge in [0.2, 0.25) is 0 Å². The molecule has 0 bridgehead atoms. The standard InChI is InChI=1S/C21H18Cl2O3S/c1-2-3-17-8-11-21(27-17)20(24)10-7-14-4-5-16(26-14)13-25-15-6-9-18(22)19(23)12-15/h4-12H,2-3,13H2,1H3/b10-7+. The molecule has 0 spiro atoms. The Hall–Kier alpha value is -2.01. The lowest BCUT2D eigenvalue weighted by Crippen LogP contribution is -1.93. The highest BCUT2D eigenvalue weighted by Crippen LogP contribution is 2.27. The van der Waals surface area contributed by atoms with Crippen LogP contribution in [0.2, 0.25) is 10.0 Å². The number of carbonyl (C=O) groups is 1. The minimum atomic E-state index is -0.0210. The number of ether oxygens (including phenoxy) is 1. The molecule has 0 aliphatic carbocycles. The summed E-state index contributed by atoms with van der Waals surface area (Å²) in [7, 11) is 0. The lowest BCUT2D eigenvalue weighted by atomic mass is 10.2. The number of carbonyl (C=O) groups excluding carboxylic acids is 1. The normalized spacial score (nSPS) is 11.2. The fourth-order valence-corrected chi connectivity index (χ4v) is 3.73. The molecule has 0 atom stereocenters. The van der Waals surface area contributed by atoms with Crippen molar-refractivity contribution >= 4 is 46.4 Å². The molecule has 3 aromatic rings. The van der Waals surface area contributed by atoms with Crippen LogP contribution in [0.15, 0.2) is 53.0 Å². The molecule has 0 fully saturated rings. The maximum atomic E-state index is 12.2. The summed E-state index contributed by atoms with van der Waals surface area (Å²) in [6.07, 6.45) is 5.28. The number of furan rings is 1. The average Bonchev–Trinajstić information content (AvgIpc) is 3.30. The van der Waals surface area contributed by atoms with Crippen LogP contribution in [0.1, 0.15) is 39.4 Å². The molecule has 0 amide bonds. The Kier molecular flexibility index (Phi) is 6.78. The number of thiophene rings is 1. The molecule has 3 rings (SSSR count). The second-order valence-electron chi connectivity index (χ2n) is 5.88. The molecule has 0 aliphatic rings. The fraction of sp³-hybridized carbons (Fsp3) is 0.190. The van der Waals surface area contributed by atoms with Gasteiger partial charge in [-0.25, -0.2) is 0 Å². The highest BCUT2D eigenvalue weighted by atomic mass is 35.5. The van der Waals surface area contributed by atoms with Gasteiger partial charge < -0.3 is 9.15 Å². The van der Waals surface area contributed by atoms with Crippen molar-refractivity contribution in [2.24, 2.45) is 0 Å². The topological polar surface area (TPSA) is 39.4 Å². The van der Waals surface area contributed by atoms with Crippen molar-refractivity contribution in [2.75, 3.05) is 0 Å². The molecule has 1 aromatic carbocycles. The Balaban J connectivity index is 1.57. The molecule has 2 heterocycles. The summed E-state index contributed by atoms with van der Waals surface area (Å²) < 4.78 is 11.3. The molecule has 0 aliphatic heterocycles. The van der Waals surface area contributed by atoms with E-state index in [-0.39, 0.29) is 12.4 Å². The van der Waals surface area contributed by atoms with Gasteiger partial charge in [-0.1, -0.05) is 36.5 Å². The zero-order valence-electron chi connectivity index (χ0n) is 14.7. The van der Waals surface area contributed by atoms with Crippen molar-refractivity contribution in [1.29, 1.82) is 0 Å². The van der Waals surface area contributed by atoms with E-state index in [9.17, 15) is 4.79 Å². The van der Waals surface area contributed by atoms with Gasteiger partial charge in [0.1, 0.15) is 23.9 Å². The van der Waals surface area contributed by atoms with Crippen LogP contribution in [0, 0.1) is 0 Å². The van der Waals surface area contributed by atoms with E-state index in [1.54, 1.807) is 41.7 Å². The Bertz CT molecular complexity index is 956. The SMILES string of the molecule is CCCc1ccc(C(=O)/C=C/c2ccc(COc3ccc(Cl)c(Cl)c3)o2)s1. The summed E-state index contributed by atoms with van der Waals surface area (Å²) in [5.41, 5.74) is 0. The van der Waals surface area contributed by atoms with Crippen molar-refractivity contribution in [1.82, 2.24) is 0 Å². The van der Waals surface area contributed by atoms with Gasteiger partial charge in [0, 0.05) is 10.9 Å². The number of allylic oxidation sites excluding steroid dienone is 1. The number of hydrogen-bond acceptors (Lipinski definition) is 4. The van der Waals surface area contributed by atoms with E-state index in [2.05, 4.69) is 6.92 Å². The second kappa shape index (κ2) is 9.27. The summed E-state index contributed by atoms with van der Waals surface area (Å²) >= 11 is 13.4. The van der Waals surface area contributed by atoms with Gasteiger partial charge in [-0.05, 0) is 55.0 Å². The Morgan fingerprint density at radius 1 is 1.15 bits per heavy atom.